The monoisotopic (exact) mass is 317 g/mol. The third kappa shape index (κ3) is 3.58. The Hall–Kier alpha value is -1.20. The number of hydrogen-bond acceptors (Lipinski definition) is 4. The van der Waals surface area contributed by atoms with E-state index in [-0.39, 0.29) is 6.29 Å². The van der Waals surface area contributed by atoms with E-state index in [4.69, 9.17) is 9.47 Å². The maximum absolute atomic E-state index is 5.51. The highest BCUT2D eigenvalue weighted by Gasteiger charge is 2.17. The molecule has 3 nitrogen and oxygen atoms in total. The van der Waals surface area contributed by atoms with Crippen molar-refractivity contribution in [2.75, 3.05) is 13.2 Å². The number of nitrogens with one attached hydrogen (secondary N) is 1. The quantitative estimate of drug-likeness (QED) is 0.894. The molecule has 1 fully saturated rings. The third-order valence-electron chi connectivity index (χ3n) is 4.03. The van der Waals surface area contributed by atoms with Crippen LogP contribution in [0.5, 0.6) is 0 Å². The second kappa shape index (κ2) is 6.92. The summed E-state index contributed by atoms with van der Waals surface area (Å²) in [5, 5.41) is 3.60. The molecule has 4 heteroatoms. The third-order valence-corrected chi connectivity index (χ3v) is 5.01. The van der Waals surface area contributed by atoms with Gasteiger partial charge in [0.15, 0.2) is 6.29 Å². The van der Waals surface area contributed by atoms with E-state index in [9.17, 15) is 0 Å². The Labute approximate surface area is 136 Å². The van der Waals surface area contributed by atoms with Gasteiger partial charge in [-0.05, 0) is 38.0 Å². The molecule has 0 saturated carbocycles. The zero-order chi connectivity index (χ0) is 15.5. The highest BCUT2D eigenvalue weighted by atomic mass is 32.1. The molecule has 1 aliphatic rings. The lowest BCUT2D eigenvalue weighted by molar-refractivity contribution is -0.0441. The molecular weight excluding hydrogens is 294 g/mol. The van der Waals surface area contributed by atoms with Gasteiger partial charge in [-0.3, -0.25) is 0 Å². The van der Waals surface area contributed by atoms with Crippen molar-refractivity contribution in [1.29, 1.82) is 0 Å². The van der Waals surface area contributed by atoms with E-state index in [1.54, 1.807) is 0 Å². The maximum Gasteiger partial charge on any atom is 0.184 e. The van der Waals surface area contributed by atoms with Crippen LogP contribution >= 0.6 is 11.3 Å². The first-order valence-electron chi connectivity index (χ1n) is 7.76. The first kappa shape index (κ1) is 15.7. The largest absolute Gasteiger partial charge is 0.346 e. The number of thiophene rings is 1. The van der Waals surface area contributed by atoms with Gasteiger partial charge >= 0.3 is 0 Å². The lowest BCUT2D eigenvalue weighted by atomic mass is 10.1. The van der Waals surface area contributed by atoms with Crippen LogP contribution in [0.3, 0.4) is 0 Å². The molecule has 2 heterocycles. The van der Waals surface area contributed by atoms with E-state index >= 15 is 0 Å². The van der Waals surface area contributed by atoms with Crippen LogP contribution in [0.4, 0.5) is 0 Å². The number of rotatable bonds is 5. The summed E-state index contributed by atoms with van der Waals surface area (Å²) in [4.78, 5) is 2.78. The van der Waals surface area contributed by atoms with Gasteiger partial charge in [0, 0.05) is 27.9 Å². The van der Waals surface area contributed by atoms with Crippen molar-refractivity contribution >= 4 is 11.3 Å². The van der Waals surface area contributed by atoms with Crippen LogP contribution in [0.15, 0.2) is 30.3 Å². The fourth-order valence-corrected chi connectivity index (χ4v) is 3.83. The van der Waals surface area contributed by atoms with E-state index in [0.29, 0.717) is 19.3 Å². The number of ether oxygens (including phenoxy) is 2. The van der Waals surface area contributed by atoms with Crippen molar-refractivity contribution in [2.24, 2.45) is 0 Å². The molecule has 0 spiro atoms. The van der Waals surface area contributed by atoms with Crippen LogP contribution in [-0.2, 0) is 16.0 Å². The molecule has 2 aromatic rings. The predicted molar refractivity (Wildman–Crippen MR) is 90.1 cm³/mol. The summed E-state index contributed by atoms with van der Waals surface area (Å²) in [5.74, 6) is 0. The molecule has 0 amide bonds. The normalized spacial score (nSPS) is 17.0. The van der Waals surface area contributed by atoms with E-state index in [2.05, 4.69) is 56.4 Å². The zero-order valence-corrected chi connectivity index (χ0v) is 14.2. The minimum atomic E-state index is -0.183. The Morgan fingerprint density at radius 3 is 2.45 bits per heavy atom. The van der Waals surface area contributed by atoms with Crippen molar-refractivity contribution < 1.29 is 9.47 Å². The van der Waals surface area contributed by atoms with Crippen molar-refractivity contribution in [3.05, 3.63) is 56.8 Å². The predicted octanol–water partition coefficient (Wildman–Crippen LogP) is 4.26. The van der Waals surface area contributed by atoms with Crippen LogP contribution in [0.25, 0.3) is 0 Å². The van der Waals surface area contributed by atoms with Gasteiger partial charge in [-0.1, -0.05) is 24.3 Å². The number of aryl methyl sites for hydroxylation is 2. The van der Waals surface area contributed by atoms with Crippen molar-refractivity contribution in [1.82, 2.24) is 5.32 Å². The molecule has 1 aliphatic heterocycles. The van der Waals surface area contributed by atoms with Crippen LogP contribution < -0.4 is 5.32 Å². The highest BCUT2D eigenvalue weighted by Crippen LogP contribution is 2.27. The smallest absolute Gasteiger partial charge is 0.184 e. The van der Waals surface area contributed by atoms with Crippen LogP contribution in [-0.4, -0.2) is 13.2 Å². The summed E-state index contributed by atoms with van der Waals surface area (Å²) >= 11 is 1.87. The molecular formula is C18H23NO2S. The topological polar surface area (TPSA) is 30.5 Å². The van der Waals surface area contributed by atoms with Gasteiger partial charge in [0.05, 0.1) is 13.2 Å². The Morgan fingerprint density at radius 2 is 1.86 bits per heavy atom. The van der Waals surface area contributed by atoms with Gasteiger partial charge in [0.1, 0.15) is 0 Å². The molecule has 118 valence electrons. The van der Waals surface area contributed by atoms with Gasteiger partial charge in [-0.2, -0.15) is 0 Å². The van der Waals surface area contributed by atoms with Crippen molar-refractivity contribution in [2.45, 2.75) is 39.6 Å². The summed E-state index contributed by atoms with van der Waals surface area (Å²) in [6, 6.07) is 11.1. The molecule has 1 atom stereocenters. The first-order chi connectivity index (χ1) is 10.6. The molecule has 22 heavy (non-hydrogen) atoms. The summed E-state index contributed by atoms with van der Waals surface area (Å²) in [6.07, 6.45) is -0.183. The van der Waals surface area contributed by atoms with Crippen molar-refractivity contribution in [3.63, 3.8) is 0 Å². The van der Waals surface area contributed by atoms with Gasteiger partial charge < -0.3 is 14.8 Å². The summed E-state index contributed by atoms with van der Waals surface area (Å²) in [6.45, 7) is 8.82. The number of benzene rings is 1. The molecule has 0 aliphatic carbocycles. The van der Waals surface area contributed by atoms with Crippen LogP contribution in [0, 0.1) is 13.8 Å². The molecule has 1 aromatic heterocycles. The van der Waals surface area contributed by atoms with Gasteiger partial charge in [0.25, 0.3) is 0 Å². The van der Waals surface area contributed by atoms with Crippen LogP contribution in [0.2, 0.25) is 0 Å². The van der Waals surface area contributed by atoms with Gasteiger partial charge in [-0.25, -0.2) is 0 Å². The minimum absolute atomic E-state index is 0.183. The van der Waals surface area contributed by atoms with Gasteiger partial charge in [0.2, 0.25) is 0 Å². The van der Waals surface area contributed by atoms with Gasteiger partial charge in [-0.15, -0.1) is 11.3 Å². The second-order valence-electron chi connectivity index (χ2n) is 5.79. The summed E-state index contributed by atoms with van der Waals surface area (Å²) in [5.41, 5.74) is 3.78. The highest BCUT2D eigenvalue weighted by molar-refractivity contribution is 7.12. The fourth-order valence-electron chi connectivity index (χ4n) is 2.80. The Balaban J connectivity index is 1.58. The average Bonchev–Trinajstić information content (AvgIpc) is 3.15. The lowest BCUT2D eigenvalue weighted by Crippen LogP contribution is -2.18. The maximum atomic E-state index is 5.51. The fraction of sp³-hybridized carbons (Fsp3) is 0.444. The van der Waals surface area contributed by atoms with E-state index in [1.165, 1.54) is 20.9 Å². The molecule has 1 aromatic carbocycles. The molecule has 1 unspecified atom stereocenters. The second-order valence-corrected chi connectivity index (χ2v) is 7.25. The first-order valence-corrected chi connectivity index (χ1v) is 8.57. The van der Waals surface area contributed by atoms with E-state index in [0.717, 1.165) is 12.1 Å². The molecule has 0 bridgehead atoms. The Morgan fingerprint density at radius 1 is 1.18 bits per heavy atom. The standard InChI is InChI=1S/C18H23NO2S/c1-12-10-17(14(3)22-12)13(2)19-11-15-4-6-16(7-5-15)18-20-8-9-21-18/h4-7,10,13,18-19H,8-9,11H2,1-3H3. The Bertz CT molecular complexity index is 615. The average molecular weight is 317 g/mol. The zero-order valence-electron chi connectivity index (χ0n) is 13.4. The number of hydrogen-bond donors (Lipinski definition) is 1. The van der Waals surface area contributed by atoms with E-state index in [1.807, 2.05) is 11.3 Å². The Kier molecular flexibility index (Phi) is 4.93. The molecule has 0 radical (unpaired) electrons. The SMILES string of the molecule is Cc1cc(C(C)NCc2ccc(C3OCCO3)cc2)c(C)s1. The molecule has 1 saturated heterocycles. The summed E-state index contributed by atoms with van der Waals surface area (Å²) in [7, 11) is 0. The lowest BCUT2D eigenvalue weighted by Gasteiger charge is -2.15. The summed E-state index contributed by atoms with van der Waals surface area (Å²) < 4.78 is 11.0. The van der Waals surface area contributed by atoms with Crippen LogP contribution in [0.1, 0.15) is 45.7 Å². The molecule has 3 rings (SSSR count). The minimum Gasteiger partial charge on any atom is -0.346 e. The van der Waals surface area contributed by atoms with E-state index < -0.39 is 0 Å². The van der Waals surface area contributed by atoms with Crippen molar-refractivity contribution in [3.8, 4) is 0 Å². The molecule has 1 N–H and O–H groups in total.